The van der Waals surface area contributed by atoms with E-state index in [1.807, 2.05) is 111 Å². The van der Waals surface area contributed by atoms with Gasteiger partial charge < -0.3 is 23.3 Å². The molecule has 0 bridgehead atoms. The molecule has 216 valence electrons. The fourth-order valence-corrected chi connectivity index (χ4v) is 4.40. The van der Waals surface area contributed by atoms with Gasteiger partial charge >= 0.3 is 0 Å². The molecule has 6 rings (SSSR count). The average Bonchev–Trinajstić information content (AvgIpc) is 3.76. The van der Waals surface area contributed by atoms with Crippen LogP contribution in [0, 0.1) is 0 Å². The van der Waals surface area contributed by atoms with Crippen molar-refractivity contribution < 1.29 is 23.3 Å². The number of pyridine rings is 2. The van der Waals surface area contributed by atoms with E-state index in [-0.39, 0.29) is 12.2 Å². The summed E-state index contributed by atoms with van der Waals surface area (Å²) in [7, 11) is 0. The van der Waals surface area contributed by atoms with Crippen molar-refractivity contribution in [1.29, 1.82) is 0 Å². The maximum Gasteiger partial charge on any atom is 0.165 e. The molecule has 2 atom stereocenters. The number of hydrogen-bond acceptors (Lipinski definition) is 9. The molecule has 9 heteroatoms. The van der Waals surface area contributed by atoms with Crippen molar-refractivity contribution in [2.75, 3.05) is 0 Å². The van der Waals surface area contributed by atoms with Crippen LogP contribution in [0.3, 0.4) is 0 Å². The summed E-state index contributed by atoms with van der Waals surface area (Å²) in [5.74, 6) is 2.72. The Kier molecular flexibility index (Phi) is 8.51. The monoisotopic (exact) mass is 574 g/mol. The lowest BCUT2D eigenvalue weighted by molar-refractivity contribution is -0.0208. The Morgan fingerprint density at radius 2 is 1.02 bits per heavy atom. The van der Waals surface area contributed by atoms with E-state index in [4.69, 9.17) is 23.3 Å². The van der Waals surface area contributed by atoms with Gasteiger partial charge in [0.15, 0.2) is 11.5 Å². The van der Waals surface area contributed by atoms with Gasteiger partial charge in [-0.2, -0.15) is 0 Å². The Morgan fingerprint density at radius 3 is 1.42 bits per heavy atom. The molecule has 2 aromatic carbocycles. The highest BCUT2D eigenvalue weighted by Crippen LogP contribution is 2.32. The fraction of sp³-hybridized carbons (Fsp3) is 0.176. The fourth-order valence-electron chi connectivity index (χ4n) is 4.40. The molecule has 4 aromatic heterocycles. The van der Waals surface area contributed by atoms with Crippen LogP contribution in [-0.4, -0.2) is 20.3 Å². The minimum absolute atomic E-state index is 0.360. The Labute approximate surface area is 249 Å². The second-order valence-corrected chi connectivity index (χ2v) is 9.92. The van der Waals surface area contributed by atoms with Crippen LogP contribution in [0.4, 0.5) is 0 Å². The third-order valence-electron chi connectivity index (χ3n) is 6.79. The molecule has 0 aliphatic rings. The van der Waals surface area contributed by atoms with E-state index in [0.29, 0.717) is 36.1 Å². The van der Waals surface area contributed by atoms with Crippen molar-refractivity contribution in [3.8, 4) is 34.0 Å². The SMILES string of the molecule is CC(OC(C)c1cc(-c2ccc(OCc3ccccn3)cc2)no1)c1cc(-c2ccc(OCc3ccccn3)cc2)no1. The van der Waals surface area contributed by atoms with E-state index < -0.39 is 0 Å². The number of aromatic nitrogens is 4. The van der Waals surface area contributed by atoms with Gasteiger partial charge in [0.1, 0.15) is 48.3 Å². The van der Waals surface area contributed by atoms with Crippen LogP contribution >= 0.6 is 0 Å². The first-order valence-corrected chi connectivity index (χ1v) is 14.0. The molecule has 0 saturated heterocycles. The Bertz CT molecular complexity index is 1590. The summed E-state index contributed by atoms with van der Waals surface area (Å²) in [5, 5.41) is 8.47. The standard InChI is InChI=1S/C34H30N4O5/c1-23(33-19-31(37-42-33)25-9-13-29(14-10-25)39-21-27-7-3-5-17-35-27)41-24(2)34-20-32(38-43-34)26-11-15-30(16-12-26)40-22-28-8-4-6-18-36-28/h3-20,23-24H,21-22H2,1-2H3. The quantitative estimate of drug-likeness (QED) is 0.145. The molecule has 0 spiro atoms. The van der Waals surface area contributed by atoms with Crippen LogP contribution in [0.1, 0.15) is 49.0 Å². The lowest BCUT2D eigenvalue weighted by Gasteiger charge is -2.14. The third kappa shape index (κ3) is 7.14. The average molecular weight is 575 g/mol. The molecule has 0 saturated carbocycles. The zero-order valence-electron chi connectivity index (χ0n) is 23.8. The molecule has 0 radical (unpaired) electrons. The predicted octanol–water partition coefficient (Wildman–Crippen LogP) is 7.78. The summed E-state index contributed by atoms with van der Waals surface area (Å²) in [6, 6.07) is 30.6. The number of nitrogens with zero attached hydrogens (tertiary/aromatic N) is 4. The van der Waals surface area contributed by atoms with Crippen molar-refractivity contribution in [3.63, 3.8) is 0 Å². The predicted molar refractivity (Wildman–Crippen MR) is 159 cm³/mol. The van der Waals surface area contributed by atoms with Gasteiger partial charge in [-0.1, -0.05) is 22.4 Å². The van der Waals surface area contributed by atoms with E-state index in [0.717, 1.165) is 34.0 Å². The van der Waals surface area contributed by atoms with Crippen LogP contribution in [0.15, 0.2) is 119 Å². The molecule has 0 aliphatic heterocycles. The Hall–Kier alpha value is -5.28. The smallest absolute Gasteiger partial charge is 0.165 e. The van der Waals surface area contributed by atoms with Crippen LogP contribution in [-0.2, 0) is 18.0 Å². The highest BCUT2D eigenvalue weighted by Gasteiger charge is 2.21. The molecule has 9 nitrogen and oxygen atoms in total. The van der Waals surface area contributed by atoms with Crippen LogP contribution in [0.2, 0.25) is 0 Å². The summed E-state index contributed by atoms with van der Waals surface area (Å²) in [6.07, 6.45) is 2.78. The summed E-state index contributed by atoms with van der Waals surface area (Å²) < 4.78 is 29.1. The molecular formula is C34H30N4O5. The lowest BCUT2D eigenvalue weighted by atomic mass is 10.1. The van der Waals surface area contributed by atoms with Crippen molar-refractivity contribution in [3.05, 3.63) is 132 Å². The van der Waals surface area contributed by atoms with Gasteiger partial charge in [0, 0.05) is 35.7 Å². The maximum atomic E-state index is 6.19. The molecule has 0 fully saturated rings. The van der Waals surface area contributed by atoms with Crippen LogP contribution in [0.25, 0.3) is 22.5 Å². The first kappa shape index (κ1) is 27.9. The first-order chi connectivity index (χ1) is 21.1. The van der Waals surface area contributed by atoms with Gasteiger partial charge in [-0.05, 0) is 86.6 Å². The van der Waals surface area contributed by atoms with Gasteiger partial charge in [-0.15, -0.1) is 0 Å². The minimum atomic E-state index is -0.360. The molecule has 2 unspecified atom stereocenters. The van der Waals surface area contributed by atoms with Gasteiger partial charge in [0.05, 0.1) is 11.4 Å². The zero-order valence-corrected chi connectivity index (χ0v) is 23.8. The Balaban J connectivity index is 1.02. The lowest BCUT2D eigenvalue weighted by Crippen LogP contribution is -2.03. The summed E-state index contributed by atoms with van der Waals surface area (Å²) in [4.78, 5) is 8.55. The topological polar surface area (TPSA) is 106 Å². The van der Waals surface area contributed by atoms with Gasteiger partial charge in [0.25, 0.3) is 0 Å². The van der Waals surface area contributed by atoms with E-state index in [9.17, 15) is 0 Å². The maximum absolute atomic E-state index is 6.19. The summed E-state index contributed by atoms with van der Waals surface area (Å²) in [5.41, 5.74) is 4.98. The molecule has 43 heavy (non-hydrogen) atoms. The van der Waals surface area contributed by atoms with Crippen molar-refractivity contribution in [2.45, 2.75) is 39.3 Å². The number of rotatable bonds is 12. The molecule has 4 heterocycles. The number of hydrogen-bond donors (Lipinski definition) is 0. The highest BCUT2D eigenvalue weighted by atomic mass is 16.5. The number of ether oxygens (including phenoxy) is 3. The molecule has 0 amide bonds. The van der Waals surface area contributed by atoms with Crippen LogP contribution < -0.4 is 9.47 Å². The van der Waals surface area contributed by atoms with Crippen molar-refractivity contribution in [2.24, 2.45) is 0 Å². The minimum Gasteiger partial charge on any atom is -0.487 e. The number of benzene rings is 2. The van der Waals surface area contributed by atoms with Gasteiger partial charge in [0.2, 0.25) is 0 Å². The molecule has 0 N–H and O–H groups in total. The first-order valence-electron chi connectivity index (χ1n) is 14.0. The van der Waals surface area contributed by atoms with E-state index in [2.05, 4.69) is 20.3 Å². The second kappa shape index (κ2) is 13.1. The van der Waals surface area contributed by atoms with Gasteiger partial charge in [-0.3, -0.25) is 9.97 Å². The van der Waals surface area contributed by atoms with E-state index in [1.54, 1.807) is 12.4 Å². The molecule has 0 aliphatic carbocycles. The summed E-state index contributed by atoms with van der Waals surface area (Å²) >= 11 is 0. The van der Waals surface area contributed by atoms with Crippen LogP contribution in [0.5, 0.6) is 11.5 Å². The van der Waals surface area contributed by atoms with Gasteiger partial charge in [-0.25, -0.2) is 0 Å². The third-order valence-corrected chi connectivity index (χ3v) is 6.79. The molecule has 6 aromatic rings. The Morgan fingerprint density at radius 1 is 0.581 bits per heavy atom. The largest absolute Gasteiger partial charge is 0.487 e. The van der Waals surface area contributed by atoms with Crippen molar-refractivity contribution in [1.82, 2.24) is 20.3 Å². The normalized spacial score (nSPS) is 12.5. The van der Waals surface area contributed by atoms with E-state index in [1.165, 1.54) is 0 Å². The van der Waals surface area contributed by atoms with E-state index >= 15 is 0 Å². The van der Waals surface area contributed by atoms with Crippen molar-refractivity contribution >= 4 is 0 Å². The molecular weight excluding hydrogens is 544 g/mol. The zero-order chi connectivity index (χ0) is 29.4. The second-order valence-electron chi connectivity index (χ2n) is 9.92. The summed E-state index contributed by atoms with van der Waals surface area (Å²) in [6.45, 7) is 4.64. The highest BCUT2D eigenvalue weighted by molar-refractivity contribution is 5.60.